The van der Waals surface area contributed by atoms with Crippen molar-refractivity contribution in [2.75, 3.05) is 16.8 Å². The fraction of sp³-hybridized carbons (Fsp3) is 0.429. The van der Waals surface area contributed by atoms with E-state index in [1.54, 1.807) is 0 Å². The molecule has 2 heterocycles. The number of hydrogen-bond acceptors (Lipinski definition) is 3. The zero-order chi connectivity index (χ0) is 13.6. The summed E-state index contributed by atoms with van der Waals surface area (Å²) in [5.74, 6) is -0.675. The summed E-state index contributed by atoms with van der Waals surface area (Å²) in [5.41, 5.74) is 2.89. The van der Waals surface area contributed by atoms with Gasteiger partial charge in [0.15, 0.2) is 0 Å². The van der Waals surface area contributed by atoms with E-state index in [2.05, 4.69) is 5.32 Å². The fourth-order valence-electron chi connectivity index (χ4n) is 3.18. The highest BCUT2D eigenvalue weighted by Crippen LogP contribution is 2.46. The minimum Gasteiger partial charge on any atom is -0.480 e. The zero-order valence-corrected chi connectivity index (χ0v) is 10.7. The summed E-state index contributed by atoms with van der Waals surface area (Å²) in [4.78, 5) is 24.9. The molecule has 0 spiro atoms. The number of carbonyl (C=O) groups excluding carboxylic acids is 1. The Morgan fingerprint density at radius 2 is 2.37 bits per heavy atom. The molecule has 2 atom stereocenters. The first-order valence-corrected chi connectivity index (χ1v) is 6.54. The SMILES string of the molecule is CCC(C(=O)O)N1CC2CC(=O)Nc3cccc1c32. The number of amides is 1. The van der Waals surface area contributed by atoms with Crippen LogP contribution in [0.2, 0.25) is 0 Å². The predicted octanol–water partition coefficient (Wildman–Crippen LogP) is 1.80. The second-order valence-electron chi connectivity index (χ2n) is 5.10. The van der Waals surface area contributed by atoms with Crippen LogP contribution in [0.5, 0.6) is 0 Å². The van der Waals surface area contributed by atoms with E-state index < -0.39 is 12.0 Å². The molecule has 0 aromatic heterocycles. The number of hydrogen-bond donors (Lipinski definition) is 2. The van der Waals surface area contributed by atoms with Gasteiger partial charge in [0.25, 0.3) is 0 Å². The molecule has 1 aromatic carbocycles. The molecule has 5 heteroatoms. The molecule has 0 fully saturated rings. The van der Waals surface area contributed by atoms with Crippen LogP contribution in [-0.4, -0.2) is 29.6 Å². The Bertz CT molecular complexity index is 556. The molecule has 0 bridgehead atoms. The summed E-state index contributed by atoms with van der Waals surface area (Å²) in [6.45, 7) is 2.49. The third-order valence-corrected chi connectivity index (χ3v) is 3.97. The summed E-state index contributed by atoms with van der Waals surface area (Å²) >= 11 is 0. The van der Waals surface area contributed by atoms with E-state index >= 15 is 0 Å². The first kappa shape index (κ1) is 12.0. The molecule has 0 aliphatic carbocycles. The van der Waals surface area contributed by atoms with Gasteiger partial charge in [0.05, 0.1) is 0 Å². The van der Waals surface area contributed by atoms with Gasteiger partial charge >= 0.3 is 5.97 Å². The van der Waals surface area contributed by atoms with Crippen molar-refractivity contribution < 1.29 is 14.7 Å². The Balaban J connectivity index is 2.05. The highest BCUT2D eigenvalue weighted by molar-refractivity contribution is 5.97. The molecule has 5 nitrogen and oxygen atoms in total. The third-order valence-electron chi connectivity index (χ3n) is 3.97. The number of carbonyl (C=O) groups is 2. The van der Waals surface area contributed by atoms with Crippen LogP contribution in [0.3, 0.4) is 0 Å². The predicted molar refractivity (Wildman–Crippen MR) is 71.5 cm³/mol. The van der Waals surface area contributed by atoms with Crippen LogP contribution in [0.15, 0.2) is 18.2 Å². The molecule has 2 unspecified atom stereocenters. The van der Waals surface area contributed by atoms with Crippen LogP contribution in [0.4, 0.5) is 11.4 Å². The van der Waals surface area contributed by atoms with Gasteiger partial charge in [-0.25, -0.2) is 4.79 Å². The molecule has 0 saturated carbocycles. The van der Waals surface area contributed by atoms with Gasteiger partial charge in [-0.05, 0) is 18.6 Å². The second kappa shape index (κ2) is 4.26. The van der Waals surface area contributed by atoms with E-state index in [9.17, 15) is 14.7 Å². The smallest absolute Gasteiger partial charge is 0.326 e. The zero-order valence-electron chi connectivity index (χ0n) is 10.7. The Morgan fingerprint density at radius 3 is 3.05 bits per heavy atom. The van der Waals surface area contributed by atoms with Crippen molar-refractivity contribution in [2.45, 2.75) is 31.7 Å². The first-order valence-electron chi connectivity index (χ1n) is 6.54. The quantitative estimate of drug-likeness (QED) is 0.869. The maximum Gasteiger partial charge on any atom is 0.326 e. The molecule has 0 radical (unpaired) electrons. The van der Waals surface area contributed by atoms with Crippen molar-refractivity contribution in [3.8, 4) is 0 Å². The van der Waals surface area contributed by atoms with Gasteiger partial charge in [-0.3, -0.25) is 4.79 Å². The number of carboxylic acids is 1. The van der Waals surface area contributed by atoms with Gasteiger partial charge in [-0.2, -0.15) is 0 Å². The number of rotatable bonds is 3. The summed E-state index contributed by atoms with van der Waals surface area (Å²) in [6.07, 6.45) is 0.990. The molecule has 2 aliphatic heterocycles. The van der Waals surface area contributed by atoms with Gasteiger partial charge < -0.3 is 15.3 Å². The second-order valence-corrected chi connectivity index (χ2v) is 5.10. The van der Waals surface area contributed by atoms with E-state index in [0.29, 0.717) is 19.4 Å². The van der Waals surface area contributed by atoms with E-state index in [1.165, 1.54) is 0 Å². The molecule has 2 N–H and O–H groups in total. The largest absolute Gasteiger partial charge is 0.480 e. The lowest BCUT2D eigenvalue weighted by molar-refractivity contribution is -0.138. The van der Waals surface area contributed by atoms with Crippen molar-refractivity contribution in [1.82, 2.24) is 0 Å². The van der Waals surface area contributed by atoms with Crippen molar-refractivity contribution in [1.29, 1.82) is 0 Å². The lowest BCUT2D eigenvalue weighted by atomic mass is 9.92. The number of nitrogens with zero attached hydrogens (tertiary/aromatic N) is 1. The molecule has 1 amide bonds. The summed E-state index contributed by atoms with van der Waals surface area (Å²) in [5, 5.41) is 12.2. The third kappa shape index (κ3) is 1.77. The van der Waals surface area contributed by atoms with Crippen molar-refractivity contribution in [2.24, 2.45) is 0 Å². The molecular weight excluding hydrogens is 244 g/mol. The average molecular weight is 260 g/mol. The van der Waals surface area contributed by atoms with Gasteiger partial charge in [0.1, 0.15) is 6.04 Å². The fourth-order valence-corrected chi connectivity index (χ4v) is 3.18. The summed E-state index contributed by atoms with van der Waals surface area (Å²) in [6, 6.07) is 5.17. The van der Waals surface area contributed by atoms with E-state index in [1.807, 2.05) is 30.0 Å². The number of nitrogens with one attached hydrogen (secondary N) is 1. The molecule has 0 saturated heterocycles. The minimum atomic E-state index is -0.807. The van der Waals surface area contributed by atoms with E-state index in [4.69, 9.17) is 0 Å². The monoisotopic (exact) mass is 260 g/mol. The number of aliphatic carboxylic acids is 1. The van der Waals surface area contributed by atoms with Gasteiger partial charge in [-0.1, -0.05) is 13.0 Å². The van der Waals surface area contributed by atoms with Crippen LogP contribution < -0.4 is 10.2 Å². The molecular formula is C14H16N2O3. The molecule has 1 aromatic rings. The summed E-state index contributed by atoms with van der Waals surface area (Å²) in [7, 11) is 0. The highest BCUT2D eigenvalue weighted by Gasteiger charge is 2.39. The first-order chi connectivity index (χ1) is 9.11. The number of benzene rings is 1. The molecule has 3 rings (SSSR count). The van der Waals surface area contributed by atoms with E-state index in [-0.39, 0.29) is 11.8 Å². The van der Waals surface area contributed by atoms with Crippen molar-refractivity contribution in [3.05, 3.63) is 23.8 Å². The Labute approximate surface area is 111 Å². The van der Waals surface area contributed by atoms with Crippen LogP contribution in [-0.2, 0) is 9.59 Å². The van der Waals surface area contributed by atoms with E-state index in [0.717, 1.165) is 16.9 Å². The van der Waals surface area contributed by atoms with Gasteiger partial charge in [-0.15, -0.1) is 0 Å². The van der Waals surface area contributed by atoms with Crippen LogP contribution in [0, 0.1) is 0 Å². The lowest BCUT2D eigenvalue weighted by Gasteiger charge is -2.26. The van der Waals surface area contributed by atoms with Crippen LogP contribution in [0.1, 0.15) is 31.2 Å². The number of carboxylic acid groups (broad SMARTS) is 1. The van der Waals surface area contributed by atoms with Crippen LogP contribution in [0.25, 0.3) is 0 Å². The maximum absolute atomic E-state index is 11.7. The Morgan fingerprint density at radius 1 is 1.58 bits per heavy atom. The number of anilines is 2. The Kier molecular flexibility index (Phi) is 2.69. The normalized spacial score (nSPS) is 21.8. The van der Waals surface area contributed by atoms with Gasteiger partial charge in [0.2, 0.25) is 5.91 Å². The molecule has 19 heavy (non-hydrogen) atoms. The van der Waals surface area contributed by atoms with Crippen LogP contribution >= 0.6 is 0 Å². The summed E-state index contributed by atoms with van der Waals surface area (Å²) < 4.78 is 0. The maximum atomic E-state index is 11.7. The lowest BCUT2D eigenvalue weighted by Crippen LogP contribution is -2.40. The van der Waals surface area contributed by atoms with Crippen molar-refractivity contribution in [3.63, 3.8) is 0 Å². The standard InChI is InChI=1S/C14H16N2O3/c1-2-10(14(18)19)16-7-8-6-12(17)15-9-4-3-5-11(16)13(8)9/h3-5,8,10H,2,6-7H2,1H3,(H,15,17)(H,18,19). The highest BCUT2D eigenvalue weighted by atomic mass is 16.4. The van der Waals surface area contributed by atoms with Gasteiger partial charge in [0, 0.05) is 35.8 Å². The van der Waals surface area contributed by atoms with Crippen molar-refractivity contribution >= 4 is 23.3 Å². The Hall–Kier alpha value is -2.04. The molecule has 2 aliphatic rings. The molecule has 100 valence electrons. The minimum absolute atomic E-state index is 0.0138. The average Bonchev–Trinajstić information content (AvgIpc) is 2.70. The topological polar surface area (TPSA) is 69.6 Å².